The SMILES string of the molecule is C=C[C@@]1(O)[C@H](O)[C@@H](COP(O)(=S)OP(=O)(O)OC2OC([C@@H](F)CO)C(O)C(O)C2O)O[C@H]1c1coc2c(N)ncnc12. The first-order valence-corrected chi connectivity index (χ1v) is 16.0. The van der Waals surface area contributed by atoms with Gasteiger partial charge in [0.25, 0.3) is 0 Å². The second kappa shape index (κ2) is 12.4. The fourth-order valence-corrected chi connectivity index (χ4v) is 7.50. The van der Waals surface area contributed by atoms with Crippen LogP contribution >= 0.6 is 14.5 Å². The first-order chi connectivity index (χ1) is 19.5. The van der Waals surface area contributed by atoms with Gasteiger partial charge in [-0.2, -0.15) is 0 Å². The second-order valence-corrected chi connectivity index (χ2v) is 13.7. The summed E-state index contributed by atoms with van der Waals surface area (Å²) in [5.74, 6) is -0.00847. The van der Waals surface area contributed by atoms with Crippen LogP contribution < -0.4 is 5.73 Å². The van der Waals surface area contributed by atoms with Gasteiger partial charge in [-0.25, -0.2) is 23.2 Å². The van der Waals surface area contributed by atoms with Crippen LogP contribution in [0.2, 0.25) is 0 Å². The zero-order chi connectivity index (χ0) is 31.2. The zero-order valence-corrected chi connectivity index (χ0v) is 23.7. The lowest BCUT2D eigenvalue weighted by atomic mass is 9.87. The molecule has 10 N–H and O–H groups in total. The standard InChI is InChI=1S/C20H28FN3O15P2S/c1-2-20(30)16(29)9(36-17(20)7-4-34-15-10(7)23-6-24-18(15)22)5-35-41(33,42)39-40(31,32)38-19-13(28)11(26)12(27)14(37-19)8(21)3-25/h2,4,6,8-9,11-14,16-17,19,25-30H,1,3,5H2,(H,31,32)(H,33,42)(H2,22,23,24)/t8-,9+,11?,12?,13?,14?,16+,17-,19?,20+,41?/m0/s1. The Bertz CT molecular complexity index is 1390. The van der Waals surface area contributed by atoms with Gasteiger partial charge in [-0.1, -0.05) is 6.08 Å². The number of aliphatic hydroxyl groups excluding tert-OH is 5. The highest BCUT2D eigenvalue weighted by Crippen LogP contribution is 2.62. The lowest BCUT2D eigenvalue weighted by Crippen LogP contribution is -2.60. The molecule has 2 aliphatic rings. The van der Waals surface area contributed by atoms with E-state index in [1.165, 1.54) is 0 Å². The molecule has 0 radical (unpaired) electrons. The summed E-state index contributed by atoms with van der Waals surface area (Å²) in [6, 6.07) is 0. The Morgan fingerprint density at radius 3 is 2.55 bits per heavy atom. The highest BCUT2D eigenvalue weighted by Gasteiger charge is 2.56. The quantitative estimate of drug-likeness (QED) is 0.0930. The van der Waals surface area contributed by atoms with Gasteiger partial charge in [0.2, 0.25) is 0 Å². The van der Waals surface area contributed by atoms with Crippen LogP contribution in [-0.2, 0) is 39.2 Å². The molecule has 42 heavy (non-hydrogen) atoms. The molecule has 0 saturated carbocycles. The number of rotatable bonds is 11. The number of furan rings is 1. The molecule has 0 amide bonds. The zero-order valence-electron chi connectivity index (χ0n) is 21.1. The van der Waals surface area contributed by atoms with Crippen LogP contribution in [-0.4, -0.2) is 118 Å². The van der Waals surface area contributed by atoms with E-state index in [1.54, 1.807) is 0 Å². The molecule has 236 valence electrons. The molecule has 2 aromatic heterocycles. The molecule has 2 saturated heterocycles. The van der Waals surface area contributed by atoms with E-state index in [2.05, 4.69) is 25.4 Å². The summed E-state index contributed by atoms with van der Waals surface area (Å²) in [7, 11) is -5.52. The number of hydrogen-bond donors (Lipinski definition) is 9. The van der Waals surface area contributed by atoms with Crippen molar-refractivity contribution in [3.63, 3.8) is 0 Å². The maximum atomic E-state index is 13.9. The van der Waals surface area contributed by atoms with Crippen LogP contribution in [0.5, 0.6) is 0 Å². The van der Waals surface area contributed by atoms with E-state index >= 15 is 0 Å². The normalized spacial score (nSPS) is 37.3. The summed E-state index contributed by atoms with van der Waals surface area (Å²) in [4.78, 5) is 28.3. The van der Waals surface area contributed by atoms with Gasteiger partial charge in [-0.15, -0.1) is 6.58 Å². The largest absolute Gasteiger partial charge is 0.481 e. The number of ether oxygens (including phenoxy) is 2. The van der Waals surface area contributed by atoms with Gasteiger partial charge in [-0.3, -0.25) is 4.52 Å². The molecule has 12 atom stereocenters. The van der Waals surface area contributed by atoms with Crippen LogP contribution in [0.15, 0.2) is 29.7 Å². The third-order valence-corrected chi connectivity index (χ3v) is 10.1. The van der Waals surface area contributed by atoms with Crippen molar-refractivity contribution in [1.29, 1.82) is 0 Å². The van der Waals surface area contributed by atoms with Gasteiger partial charge in [-0.05, 0) is 11.8 Å². The van der Waals surface area contributed by atoms with Crippen molar-refractivity contribution in [2.45, 2.75) is 60.8 Å². The second-order valence-electron chi connectivity index (χ2n) is 9.28. The number of alkyl halides is 1. The van der Waals surface area contributed by atoms with Crippen molar-refractivity contribution < 1.29 is 76.6 Å². The highest BCUT2D eigenvalue weighted by molar-refractivity contribution is 8.08. The fourth-order valence-electron chi connectivity index (χ4n) is 4.40. The number of nitrogen functional groups attached to an aromatic ring is 1. The van der Waals surface area contributed by atoms with E-state index in [1.807, 2.05) is 0 Å². The summed E-state index contributed by atoms with van der Waals surface area (Å²) in [6.07, 6.45) is -14.3. The maximum Gasteiger partial charge on any atom is 0.481 e. The Balaban J connectivity index is 1.44. The molecule has 0 spiro atoms. The van der Waals surface area contributed by atoms with Crippen molar-refractivity contribution >= 4 is 43.3 Å². The van der Waals surface area contributed by atoms with Crippen molar-refractivity contribution in [3.8, 4) is 0 Å². The number of nitrogens with zero attached hydrogens (tertiary/aromatic N) is 2. The molecule has 2 aromatic rings. The summed E-state index contributed by atoms with van der Waals surface area (Å²) < 4.78 is 56.5. The van der Waals surface area contributed by atoms with E-state index in [0.29, 0.717) is 0 Å². The number of nitrogens with two attached hydrogens (primary N) is 1. The van der Waals surface area contributed by atoms with Crippen LogP contribution in [0.1, 0.15) is 11.7 Å². The Kier molecular flexibility index (Phi) is 9.88. The molecular weight excluding hydrogens is 635 g/mol. The van der Waals surface area contributed by atoms with Crippen LogP contribution in [0.4, 0.5) is 10.2 Å². The Morgan fingerprint density at radius 1 is 1.21 bits per heavy atom. The van der Waals surface area contributed by atoms with Gasteiger partial charge in [0, 0.05) is 5.56 Å². The molecule has 4 heterocycles. The molecule has 22 heteroatoms. The Morgan fingerprint density at radius 2 is 1.90 bits per heavy atom. The van der Waals surface area contributed by atoms with Crippen molar-refractivity contribution in [2.24, 2.45) is 0 Å². The smallest absolute Gasteiger partial charge is 0.458 e. The molecule has 2 fully saturated rings. The van der Waals surface area contributed by atoms with E-state index in [0.717, 1.165) is 18.7 Å². The Hall–Kier alpha value is -1.55. The summed E-state index contributed by atoms with van der Waals surface area (Å²) in [5, 5.41) is 60.7. The van der Waals surface area contributed by atoms with E-state index in [4.69, 9.17) is 41.1 Å². The number of fused-ring (bicyclic) bond motifs is 1. The molecule has 0 aliphatic carbocycles. The van der Waals surface area contributed by atoms with Gasteiger partial charge in [0.15, 0.2) is 23.9 Å². The monoisotopic (exact) mass is 663 g/mol. The first kappa shape index (κ1) is 33.3. The number of aromatic nitrogens is 2. The van der Waals surface area contributed by atoms with E-state index in [9.17, 15) is 44.3 Å². The maximum absolute atomic E-state index is 13.9. The first-order valence-electron chi connectivity index (χ1n) is 11.9. The van der Waals surface area contributed by atoms with Crippen LogP contribution in [0, 0.1) is 0 Å². The van der Waals surface area contributed by atoms with E-state index in [-0.39, 0.29) is 22.5 Å². The minimum atomic E-state index is -5.52. The number of halogens is 1. The molecular formula is C20H28FN3O15P2S. The number of phosphoric ester groups is 1. The predicted molar refractivity (Wildman–Crippen MR) is 138 cm³/mol. The van der Waals surface area contributed by atoms with Crippen molar-refractivity contribution in [2.75, 3.05) is 18.9 Å². The number of phosphoric acid groups is 1. The molecule has 18 nitrogen and oxygen atoms in total. The van der Waals surface area contributed by atoms with Gasteiger partial charge in [0.1, 0.15) is 60.2 Å². The number of aliphatic hydroxyl groups is 6. The van der Waals surface area contributed by atoms with Gasteiger partial charge < -0.3 is 64.6 Å². The molecule has 0 aromatic carbocycles. The summed E-state index contributed by atoms with van der Waals surface area (Å²) in [6.45, 7) is -3.24. The average molecular weight is 663 g/mol. The topological polar surface area (TPSA) is 290 Å². The average Bonchev–Trinajstić information content (AvgIpc) is 3.46. The van der Waals surface area contributed by atoms with E-state index < -0.39 is 88.5 Å². The molecule has 7 unspecified atom stereocenters. The fraction of sp³-hybridized carbons (Fsp3) is 0.600. The van der Waals surface area contributed by atoms with Crippen LogP contribution in [0.25, 0.3) is 11.1 Å². The lowest BCUT2D eigenvalue weighted by Gasteiger charge is -2.41. The highest BCUT2D eigenvalue weighted by atomic mass is 32.5. The summed E-state index contributed by atoms with van der Waals surface area (Å²) >= 11 is 4.72. The number of anilines is 1. The summed E-state index contributed by atoms with van der Waals surface area (Å²) in [5.41, 5.74) is 3.97. The third kappa shape index (κ3) is 6.45. The Labute approximate surface area is 240 Å². The molecule has 0 bridgehead atoms. The number of hydrogen-bond acceptors (Lipinski definition) is 17. The third-order valence-electron chi connectivity index (χ3n) is 6.56. The predicted octanol–water partition coefficient (Wildman–Crippen LogP) is -1.97. The van der Waals surface area contributed by atoms with Crippen LogP contribution in [0.3, 0.4) is 0 Å². The molecule has 4 rings (SSSR count). The van der Waals surface area contributed by atoms with Crippen molar-refractivity contribution in [1.82, 2.24) is 9.97 Å². The minimum absolute atomic E-state index is 0.00847. The van der Waals surface area contributed by atoms with Gasteiger partial charge >= 0.3 is 14.5 Å². The van der Waals surface area contributed by atoms with Gasteiger partial charge in [0.05, 0.1) is 19.5 Å². The van der Waals surface area contributed by atoms with Crippen molar-refractivity contribution in [3.05, 3.63) is 30.8 Å². The molecule has 2 aliphatic heterocycles. The minimum Gasteiger partial charge on any atom is -0.458 e. The lowest BCUT2D eigenvalue weighted by molar-refractivity contribution is -0.287.